The third-order valence-corrected chi connectivity index (χ3v) is 3.93. The first kappa shape index (κ1) is 13.3. The number of rotatable bonds is 3. The van der Waals surface area contributed by atoms with Crippen molar-refractivity contribution >= 4 is 26.8 Å². The molecule has 0 aliphatic heterocycles. The van der Waals surface area contributed by atoms with Crippen LogP contribution in [-0.4, -0.2) is 4.57 Å². The summed E-state index contributed by atoms with van der Waals surface area (Å²) < 4.78 is 16.9. The van der Waals surface area contributed by atoms with E-state index < -0.39 is 0 Å². The molecule has 3 aromatic rings. The van der Waals surface area contributed by atoms with Gasteiger partial charge >= 0.3 is 0 Å². The molecule has 0 atom stereocenters. The van der Waals surface area contributed by atoms with Crippen molar-refractivity contribution in [1.82, 2.24) is 4.57 Å². The molecule has 0 aliphatic carbocycles. The van der Waals surface area contributed by atoms with Crippen molar-refractivity contribution in [3.8, 4) is 0 Å². The van der Waals surface area contributed by atoms with Gasteiger partial charge in [0.1, 0.15) is 5.82 Å². The van der Waals surface area contributed by atoms with Crippen LogP contribution in [0, 0.1) is 5.82 Å². The van der Waals surface area contributed by atoms with Gasteiger partial charge in [0.05, 0.1) is 6.54 Å². The standard InChI is InChI=1S/C16H14BrFN2/c17-13-5-6-15(18)12(7-13)10-20-14(9-19)8-11-3-1-2-4-16(11)20/h1-8H,9-10,19H2. The quantitative estimate of drug-likeness (QED) is 0.770. The highest BCUT2D eigenvalue weighted by Gasteiger charge is 2.10. The molecular weight excluding hydrogens is 319 g/mol. The van der Waals surface area contributed by atoms with Crippen molar-refractivity contribution in [2.45, 2.75) is 13.1 Å². The Labute approximate surface area is 125 Å². The highest BCUT2D eigenvalue weighted by atomic mass is 79.9. The minimum Gasteiger partial charge on any atom is -0.339 e. The molecule has 2 nitrogen and oxygen atoms in total. The summed E-state index contributed by atoms with van der Waals surface area (Å²) in [5, 5.41) is 1.13. The highest BCUT2D eigenvalue weighted by Crippen LogP contribution is 2.23. The second-order valence-corrected chi connectivity index (χ2v) is 5.64. The zero-order valence-corrected chi connectivity index (χ0v) is 12.4. The number of hydrogen-bond donors (Lipinski definition) is 1. The topological polar surface area (TPSA) is 30.9 Å². The average Bonchev–Trinajstić information content (AvgIpc) is 2.81. The molecule has 3 rings (SSSR count). The van der Waals surface area contributed by atoms with E-state index in [0.717, 1.165) is 21.1 Å². The van der Waals surface area contributed by atoms with Crippen LogP contribution in [-0.2, 0) is 13.1 Å². The summed E-state index contributed by atoms with van der Waals surface area (Å²) >= 11 is 3.39. The van der Waals surface area contributed by atoms with Gasteiger partial charge < -0.3 is 10.3 Å². The summed E-state index contributed by atoms with van der Waals surface area (Å²) in [5.74, 6) is -0.200. The average molecular weight is 333 g/mol. The van der Waals surface area contributed by atoms with Crippen LogP contribution in [0.2, 0.25) is 0 Å². The molecule has 0 spiro atoms. The molecule has 4 heteroatoms. The number of halogens is 2. The molecule has 0 saturated heterocycles. The molecule has 20 heavy (non-hydrogen) atoms. The minimum atomic E-state index is -0.200. The summed E-state index contributed by atoms with van der Waals surface area (Å²) in [6.45, 7) is 0.912. The molecule has 0 bridgehead atoms. The fourth-order valence-corrected chi connectivity index (χ4v) is 2.87. The third kappa shape index (κ3) is 2.37. The number of para-hydroxylation sites is 1. The van der Waals surface area contributed by atoms with Crippen LogP contribution >= 0.6 is 15.9 Å². The Balaban J connectivity index is 2.12. The van der Waals surface area contributed by atoms with Crippen molar-refractivity contribution in [2.75, 3.05) is 0 Å². The van der Waals surface area contributed by atoms with Crippen LogP contribution in [0.5, 0.6) is 0 Å². The molecule has 2 aromatic carbocycles. The first-order chi connectivity index (χ1) is 9.69. The van der Waals surface area contributed by atoms with E-state index in [-0.39, 0.29) is 5.82 Å². The first-order valence-electron chi connectivity index (χ1n) is 6.40. The fraction of sp³-hybridized carbons (Fsp3) is 0.125. The van der Waals surface area contributed by atoms with Gasteiger partial charge in [0, 0.05) is 27.8 Å². The summed E-state index contributed by atoms with van der Waals surface area (Å²) in [6, 6.07) is 15.1. The lowest BCUT2D eigenvalue weighted by molar-refractivity contribution is 0.598. The van der Waals surface area contributed by atoms with E-state index in [1.807, 2.05) is 30.3 Å². The molecule has 0 aliphatic rings. The van der Waals surface area contributed by atoms with E-state index in [2.05, 4.69) is 26.6 Å². The molecule has 1 aromatic heterocycles. The molecular formula is C16H14BrFN2. The fourth-order valence-electron chi connectivity index (χ4n) is 2.46. The Kier molecular flexibility index (Phi) is 3.59. The number of benzene rings is 2. The zero-order chi connectivity index (χ0) is 14.1. The minimum absolute atomic E-state index is 0.200. The van der Waals surface area contributed by atoms with E-state index in [1.54, 1.807) is 6.07 Å². The van der Waals surface area contributed by atoms with Crippen molar-refractivity contribution in [2.24, 2.45) is 5.73 Å². The van der Waals surface area contributed by atoms with Crippen LogP contribution in [0.15, 0.2) is 53.0 Å². The van der Waals surface area contributed by atoms with Crippen LogP contribution in [0.4, 0.5) is 4.39 Å². The van der Waals surface area contributed by atoms with E-state index in [0.29, 0.717) is 18.7 Å². The molecule has 0 radical (unpaired) electrons. The Morgan fingerprint density at radius 1 is 1.10 bits per heavy atom. The Hall–Kier alpha value is -1.65. The van der Waals surface area contributed by atoms with Gasteiger partial charge in [0.15, 0.2) is 0 Å². The summed E-state index contributed by atoms with van der Waals surface area (Å²) in [5.41, 5.74) is 8.54. The summed E-state index contributed by atoms with van der Waals surface area (Å²) in [6.07, 6.45) is 0. The smallest absolute Gasteiger partial charge is 0.128 e. The van der Waals surface area contributed by atoms with Gasteiger partial charge in [-0.3, -0.25) is 0 Å². The van der Waals surface area contributed by atoms with Crippen LogP contribution in [0.25, 0.3) is 10.9 Å². The number of aromatic nitrogens is 1. The van der Waals surface area contributed by atoms with E-state index >= 15 is 0 Å². The molecule has 0 saturated carbocycles. The van der Waals surface area contributed by atoms with Crippen molar-refractivity contribution in [3.63, 3.8) is 0 Å². The molecule has 0 unspecified atom stereocenters. The maximum Gasteiger partial charge on any atom is 0.128 e. The van der Waals surface area contributed by atoms with Crippen LogP contribution in [0.1, 0.15) is 11.3 Å². The van der Waals surface area contributed by atoms with Crippen molar-refractivity contribution < 1.29 is 4.39 Å². The Morgan fingerprint density at radius 3 is 2.70 bits per heavy atom. The monoisotopic (exact) mass is 332 g/mol. The predicted octanol–water partition coefficient (Wildman–Crippen LogP) is 4.05. The highest BCUT2D eigenvalue weighted by molar-refractivity contribution is 9.10. The second kappa shape index (κ2) is 5.38. The van der Waals surface area contributed by atoms with E-state index in [1.165, 1.54) is 6.07 Å². The van der Waals surface area contributed by atoms with Gasteiger partial charge in [-0.05, 0) is 35.7 Å². The van der Waals surface area contributed by atoms with E-state index in [4.69, 9.17) is 5.73 Å². The Bertz CT molecular complexity index is 764. The zero-order valence-electron chi connectivity index (χ0n) is 10.8. The lowest BCUT2D eigenvalue weighted by Gasteiger charge is -2.11. The van der Waals surface area contributed by atoms with Gasteiger partial charge in [-0.2, -0.15) is 0 Å². The number of hydrogen-bond acceptors (Lipinski definition) is 1. The van der Waals surface area contributed by atoms with Gasteiger partial charge in [0.2, 0.25) is 0 Å². The van der Waals surface area contributed by atoms with Crippen molar-refractivity contribution in [3.05, 3.63) is 70.1 Å². The second-order valence-electron chi connectivity index (χ2n) is 4.72. The maximum absolute atomic E-state index is 13.9. The largest absolute Gasteiger partial charge is 0.339 e. The van der Waals surface area contributed by atoms with Gasteiger partial charge in [0.25, 0.3) is 0 Å². The van der Waals surface area contributed by atoms with Gasteiger partial charge in [-0.25, -0.2) is 4.39 Å². The number of nitrogens with two attached hydrogens (primary N) is 1. The lowest BCUT2D eigenvalue weighted by atomic mass is 10.2. The normalized spacial score (nSPS) is 11.2. The van der Waals surface area contributed by atoms with Crippen LogP contribution in [0.3, 0.4) is 0 Å². The predicted molar refractivity (Wildman–Crippen MR) is 83.0 cm³/mol. The number of fused-ring (bicyclic) bond motifs is 1. The van der Waals surface area contributed by atoms with Gasteiger partial charge in [-0.1, -0.05) is 34.1 Å². The first-order valence-corrected chi connectivity index (χ1v) is 7.19. The molecule has 0 fully saturated rings. The van der Waals surface area contributed by atoms with E-state index in [9.17, 15) is 4.39 Å². The third-order valence-electron chi connectivity index (χ3n) is 3.44. The molecule has 1 heterocycles. The molecule has 0 amide bonds. The molecule has 102 valence electrons. The summed E-state index contributed by atoms with van der Waals surface area (Å²) in [7, 11) is 0. The molecule has 2 N–H and O–H groups in total. The van der Waals surface area contributed by atoms with Crippen LogP contribution < -0.4 is 5.73 Å². The lowest BCUT2D eigenvalue weighted by Crippen LogP contribution is -2.09. The maximum atomic E-state index is 13.9. The SMILES string of the molecule is NCc1cc2ccccc2n1Cc1cc(Br)ccc1F. The number of nitrogens with zero attached hydrogens (tertiary/aromatic N) is 1. The Morgan fingerprint density at radius 2 is 1.90 bits per heavy atom. The van der Waals surface area contributed by atoms with Crippen molar-refractivity contribution in [1.29, 1.82) is 0 Å². The summed E-state index contributed by atoms with van der Waals surface area (Å²) in [4.78, 5) is 0. The van der Waals surface area contributed by atoms with Gasteiger partial charge in [-0.15, -0.1) is 0 Å².